The number of aromatic amines is 1. The van der Waals surface area contributed by atoms with Gasteiger partial charge in [0.15, 0.2) is 0 Å². The normalized spacial score (nSPS) is 14.0. The largest absolute Gasteiger partial charge is 0.383 e. The van der Waals surface area contributed by atoms with Gasteiger partial charge in [0.05, 0.1) is 13.1 Å². The molecule has 2 heterocycles. The fraction of sp³-hybridized carbons (Fsp3) is 0.316. The van der Waals surface area contributed by atoms with E-state index in [1.807, 2.05) is 13.8 Å². The van der Waals surface area contributed by atoms with E-state index in [2.05, 4.69) is 46.1 Å². The van der Waals surface area contributed by atoms with Crippen molar-refractivity contribution in [2.75, 3.05) is 6.54 Å². The van der Waals surface area contributed by atoms with Crippen molar-refractivity contribution in [3.63, 3.8) is 0 Å². The molecule has 1 aliphatic rings. The third-order valence-corrected chi connectivity index (χ3v) is 4.44. The highest BCUT2D eigenvalue weighted by Gasteiger charge is 2.09. The Morgan fingerprint density at radius 3 is 2.87 bits per heavy atom. The molecule has 0 bridgehead atoms. The maximum atomic E-state index is 6.46. The quantitative estimate of drug-likeness (QED) is 0.787. The number of hydrogen-bond donors (Lipinski definition) is 2. The van der Waals surface area contributed by atoms with Crippen molar-refractivity contribution in [1.82, 2.24) is 10.3 Å². The summed E-state index contributed by atoms with van der Waals surface area (Å²) in [6.07, 6.45) is 4.14. The molecule has 3 rings (SSSR count). The first-order valence-electron chi connectivity index (χ1n) is 7.91. The molecule has 0 radical (unpaired) electrons. The summed E-state index contributed by atoms with van der Waals surface area (Å²) in [5.74, 6) is 0. The highest BCUT2D eigenvalue weighted by atomic mass is 35.5. The van der Waals surface area contributed by atoms with Crippen LogP contribution < -0.4 is 5.32 Å². The van der Waals surface area contributed by atoms with Crippen LogP contribution in [0.1, 0.15) is 31.5 Å². The average molecular weight is 328 g/mol. The molecule has 2 aromatic rings. The average Bonchev–Trinajstić information content (AvgIpc) is 3.08. The number of hydrogen-bond acceptors (Lipinski definition) is 2. The van der Waals surface area contributed by atoms with Crippen LogP contribution in [0.15, 0.2) is 47.1 Å². The minimum absolute atomic E-state index is 0.750. The molecule has 0 unspecified atom stereocenters. The molecular formula is C19H22ClN3. The monoisotopic (exact) mass is 327 g/mol. The Kier molecular flexibility index (Phi) is 4.58. The fourth-order valence-electron chi connectivity index (χ4n) is 2.85. The first-order chi connectivity index (χ1) is 11.0. The Balaban J connectivity index is 1.74. The maximum absolute atomic E-state index is 6.46. The molecule has 23 heavy (non-hydrogen) atoms. The van der Waals surface area contributed by atoms with E-state index in [0.717, 1.165) is 59.0 Å². The van der Waals surface area contributed by atoms with E-state index in [1.54, 1.807) is 0 Å². The maximum Gasteiger partial charge on any atom is 0.0606 e. The van der Waals surface area contributed by atoms with Gasteiger partial charge in [0.1, 0.15) is 0 Å². The number of allylic oxidation sites excluding steroid dienone is 2. The minimum Gasteiger partial charge on any atom is -0.383 e. The topological polar surface area (TPSA) is 40.2 Å². The van der Waals surface area contributed by atoms with Gasteiger partial charge >= 0.3 is 0 Å². The van der Waals surface area contributed by atoms with Crippen molar-refractivity contribution in [3.05, 3.63) is 58.4 Å². The summed E-state index contributed by atoms with van der Waals surface area (Å²) in [6.45, 7) is 9.45. The van der Waals surface area contributed by atoms with E-state index >= 15 is 0 Å². The molecule has 3 nitrogen and oxygen atoms in total. The minimum atomic E-state index is 0.750. The first-order valence-corrected chi connectivity index (χ1v) is 8.29. The zero-order valence-corrected chi connectivity index (χ0v) is 14.4. The first kappa shape index (κ1) is 15.9. The van der Waals surface area contributed by atoms with E-state index in [4.69, 9.17) is 11.6 Å². The van der Waals surface area contributed by atoms with E-state index in [0.29, 0.717) is 0 Å². The van der Waals surface area contributed by atoms with Crippen molar-refractivity contribution < 1.29 is 0 Å². The number of aliphatic imine (C=N–C) groups is 1. The summed E-state index contributed by atoms with van der Waals surface area (Å²) in [4.78, 5) is 7.87. The molecule has 1 aliphatic heterocycles. The number of aromatic nitrogens is 1. The summed E-state index contributed by atoms with van der Waals surface area (Å²) >= 11 is 6.46. The number of halogens is 1. The third-order valence-electron chi connectivity index (χ3n) is 4.08. The van der Waals surface area contributed by atoms with Crippen molar-refractivity contribution in [2.45, 2.75) is 33.2 Å². The Labute approximate surface area is 142 Å². The van der Waals surface area contributed by atoms with Gasteiger partial charge in [-0.1, -0.05) is 18.2 Å². The van der Waals surface area contributed by atoms with Crippen molar-refractivity contribution in [3.8, 4) is 0 Å². The molecule has 1 aromatic carbocycles. The summed E-state index contributed by atoms with van der Waals surface area (Å²) < 4.78 is 0. The Morgan fingerprint density at radius 1 is 1.35 bits per heavy atom. The molecule has 4 heteroatoms. The van der Waals surface area contributed by atoms with Gasteiger partial charge in [0, 0.05) is 33.0 Å². The molecule has 0 atom stereocenters. The Hall–Kier alpha value is -2.00. The molecular weight excluding hydrogens is 306 g/mol. The second kappa shape index (κ2) is 6.63. The number of fused-ring (bicyclic) bond motifs is 1. The fourth-order valence-corrected chi connectivity index (χ4v) is 3.12. The van der Waals surface area contributed by atoms with Crippen LogP contribution in [0.5, 0.6) is 0 Å². The number of nitrogens with one attached hydrogen (secondary N) is 2. The lowest BCUT2D eigenvalue weighted by atomic mass is 10.0. The van der Waals surface area contributed by atoms with Gasteiger partial charge in [-0.3, -0.25) is 4.99 Å². The molecule has 0 spiro atoms. The summed E-state index contributed by atoms with van der Waals surface area (Å²) in [5, 5.41) is 5.23. The van der Waals surface area contributed by atoms with Gasteiger partial charge in [0.2, 0.25) is 0 Å². The number of benzene rings is 1. The van der Waals surface area contributed by atoms with Gasteiger partial charge in [-0.2, -0.15) is 0 Å². The van der Waals surface area contributed by atoms with Crippen LogP contribution in [0, 0.1) is 0 Å². The number of rotatable bonds is 6. The summed E-state index contributed by atoms with van der Waals surface area (Å²) in [5.41, 5.74) is 6.93. The van der Waals surface area contributed by atoms with Crippen LogP contribution in [0.25, 0.3) is 10.9 Å². The molecule has 0 saturated heterocycles. The number of aryl methyl sites for hydroxylation is 1. The van der Waals surface area contributed by atoms with Crippen LogP contribution in [-0.2, 0) is 13.0 Å². The van der Waals surface area contributed by atoms with E-state index in [9.17, 15) is 0 Å². The van der Waals surface area contributed by atoms with E-state index < -0.39 is 0 Å². The highest BCUT2D eigenvalue weighted by Crippen LogP contribution is 2.27. The van der Waals surface area contributed by atoms with E-state index in [1.165, 1.54) is 11.1 Å². The van der Waals surface area contributed by atoms with Gasteiger partial charge in [-0.25, -0.2) is 0 Å². The van der Waals surface area contributed by atoms with Crippen LogP contribution in [0.3, 0.4) is 0 Å². The second-order valence-electron chi connectivity index (χ2n) is 6.22. The zero-order chi connectivity index (χ0) is 16.4. The number of H-pyrrole nitrogens is 1. The van der Waals surface area contributed by atoms with Crippen LogP contribution in [0.2, 0.25) is 5.02 Å². The van der Waals surface area contributed by atoms with Gasteiger partial charge < -0.3 is 10.3 Å². The zero-order valence-electron chi connectivity index (χ0n) is 13.7. The Morgan fingerprint density at radius 2 is 2.17 bits per heavy atom. The smallest absolute Gasteiger partial charge is 0.0606 e. The van der Waals surface area contributed by atoms with Crippen LogP contribution in [-0.4, -0.2) is 17.2 Å². The second-order valence-corrected chi connectivity index (χ2v) is 6.63. The molecule has 1 aromatic heterocycles. The predicted molar refractivity (Wildman–Crippen MR) is 99.3 cm³/mol. The molecule has 0 fully saturated rings. The summed E-state index contributed by atoms with van der Waals surface area (Å²) in [7, 11) is 0. The third kappa shape index (κ3) is 3.85. The van der Waals surface area contributed by atoms with Crippen molar-refractivity contribution >= 4 is 28.2 Å². The van der Waals surface area contributed by atoms with Crippen LogP contribution in [0.4, 0.5) is 0 Å². The molecule has 0 saturated carbocycles. The van der Waals surface area contributed by atoms with Crippen molar-refractivity contribution in [1.29, 1.82) is 0 Å². The van der Waals surface area contributed by atoms with Crippen LogP contribution >= 0.6 is 11.6 Å². The molecule has 2 N–H and O–H groups in total. The summed E-state index contributed by atoms with van der Waals surface area (Å²) in [6, 6.07) is 6.36. The standard InChI is InChI=1S/C19H22ClN3/c1-12(2)21-11-17-7-16-8-18(20)15(9-19(16)23-17)5-4-14-6-13(3)22-10-14/h6-9,21,23H,1,4-5,10-11H2,2-3H3. The lowest BCUT2D eigenvalue weighted by Gasteiger charge is -2.05. The van der Waals surface area contributed by atoms with E-state index in [-0.39, 0.29) is 0 Å². The molecule has 0 amide bonds. The van der Waals surface area contributed by atoms with Gasteiger partial charge in [-0.15, -0.1) is 0 Å². The lowest BCUT2D eigenvalue weighted by molar-refractivity contribution is 0.798. The van der Waals surface area contributed by atoms with Gasteiger partial charge in [-0.05, 0) is 62.1 Å². The predicted octanol–water partition coefficient (Wildman–Crippen LogP) is 4.78. The molecule has 120 valence electrons. The SMILES string of the molecule is C=C(C)NCc1cc2cc(Cl)c(CCC3=CC(C)=NC3)cc2[nH]1. The lowest BCUT2D eigenvalue weighted by Crippen LogP contribution is -2.09. The molecule has 0 aliphatic carbocycles. The highest BCUT2D eigenvalue weighted by molar-refractivity contribution is 6.32. The van der Waals surface area contributed by atoms with Crippen molar-refractivity contribution in [2.24, 2.45) is 4.99 Å². The van der Waals surface area contributed by atoms with Gasteiger partial charge in [0.25, 0.3) is 0 Å². The number of nitrogens with zero attached hydrogens (tertiary/aromatic N) is 1. The Bertz CT molecular complexity index is 811.